The molecule has 0 saturated heterocycles. The number of aromatic nitrogens is 2. The molecule has 1 aromatic heterocycles. The number of nitrogens with two attached hydrogens (primary N) is 1. The maximum atomic E-state index is 11.8. The molecule has 1 heterocycles. The fourth-order valence-electron chi connectivity index (χ4n) is 4.25. The van der Waals surface area contributed by atoms with Gasteiger partial charge in [0.15, 0.2) is 0 Å². The van der Waals surface area contributed by atoms with Gasteiger partial charge in [-0.25, -0.2) is 4.98 Å². The van der Waals surface area contributed by atoms with Crippen LogP contribution in [0.4, 0.5) is 0 Å². The second kappa shape index (κ2) is 9.20. The van der Waals surface area contributed by atoms with Crippen LogP contribution in [0.15, 0.2) is 91.1 Å². The van der Waals surface area contributed by atoms with E-state index in [1.807, 2.05) is 42.6 Å². The number of hydrogen-bond acceptors (Lipinski definition) is 4. The molecule has 1 unspecified atom stereocenters. The standard InChI is InChI=1S/C27H27N3O2/c1-19-13-15-22(16-14-19)27(20-9-5-3-6-10-20,21-11-7-4-8-12-21)24-18-29-25(30-24)17-23(28)26(31)32-2/h3-16,18,23H,17,28H2,1-2H3,(H,29,30). The van der Waals surface area contributed by atoms with Gasteiger partial charge in [0.05, 0.1) is 18.2 Å². The number of aryl methyl sites for hydroxylation is 1. The van der Waals surface area contributed by atoms with Gasteiger partial charge in [-0.05, 0) is 23.6 Å². The second-order valence-electron chi connectivity index (χ2n) is 7.93. The lowest BCUT2D eigenvalue weighted by Gasteiger charge is -2.35. The van der Waals surface area contributed by atoms with Crippen molar-refractivity contribution < 1.29 is 9.53 Å². The summed E-state index contributed by atoms with van der Waals surface area (Å²) in [5, 5.41) is 0. The van der Waals surface area contributed by atoms with Gasteiger partial charge in [0.25, 0.3) is 0 Å². The number of nitrogens with one attached hydrogen (secondary N) is 1. The minimum atomic E-state index is -0.777. The molecule has 0 aliphatic rings. The van der Waals surface area contributed by atoms with E-state index in [1.54, 1.807) is 0 Å². The quantitative estimate of drug-likeness (QED) is 0.344. The molecule has 162 valence electrons. The molecule has 1 atom stereocenters. The van der Waals surface area contributed by atoms with E-state index in [1.165, 1.54) is 12.7 Å². The van der Waals surface area contributed by atoms with E-state index < -0.39 is 17.4 Å². The Kier molecular flexibility index (Phi) is 6.19. The van der Waals surface area contributed by atoms with E-state index in [-0.39, 0.29) is 6.42 Å². The van der Waals surface area contributed by atoms with Crippen molar-refractivity contribution in [1.82, 2.24) is 9.97 Å². The normalized spacial score (nSPS) is 12.3. The van der Waals surface area contributed by atoms with Crippen molar-refractivity contribution in [3.05, 3.63) is 125 Å². The summed E-state index contributed by atoms with van der Waals surface area (Å²) >= 11 is 0. The topological polar surface area (TPSA) is 81.0 Å². The van der Waals surface area contributed by atoms with Gasteiger partial charge in [-0.1, -0.05) is 90.5 Å². The number of benzene rings is 3. The first-order valence-electron chi connectivity index (χ1n) is 10.6. The van der Waals surface area contributed by atoms with Crippen LogP contribution in [0.25, 0.3) is 0 Å². The number of methoxy groups -OCH3 is 1. The molecule has 3 N–H and O–H groups in total. The van der Waals surface area contributed by atoms with E-state index in [0.717, 1.165) is 22.4 Å². The summed E-state index contributed by atoms with van der Waals surface area (Å²) in [4.78, 5) is 19.9. The maximum Gasteiger partial charge on any atom is 0.323 e. The van der Waals surface area contributed by atoms with E-state index in [4.69, 9.17) is 10.5 Å². The average molecular weight is 426 g/mol. The highest BCUT2D eigenvalue weighted by Crippen LogP contribution is 2.44. The Labute approximate surface area is 188 Å². The number of ether oxygens (including phenoxy) is 1. The highest BCUT2D eigenvalue weighted by Gasteiger charge is 2.40. The summed E-state index contributed by atoms with van der Waals surface area (Å²) < 4.78 is 4.77. The number of aromatic amines is 1. The maximum absolute atomic E-state index is 11.8. The fourth-order valence-corrected chi connectivity index (χ4v) is 4.25. The Balaban J connectivity index is 1.94. The molecular weight excluding hydrogens is 398 g/mol. The van der Waals surface area contributed by atoms with E-state index in [0.29, 0.717) is 5.82 Å². The van der Waals surface area contributed by atoms with Crippen LogP contribution in [0.2, 0.25) is 0 Å². The molecule has 0 saturated carbocycles. The molecule has 0 fully saturated rings. The minimum Gasteiger partial charge on any atom is -0.468 e. The molecule has 0 bridgehead atoms. The molecule has 0 aliphatic carbocycles. The summed E-state index contributed by atoms with van der Waals surface area (Å²) in [5.41, 5.74) is 10.8. The highest BCUT2D eigenvalue weighted by atomic mass is 16.5. The minimum absolute atomic E-state index is 0.264. The molecule has 5 heteroatoms. The predicted molar refractivity (Wildman–Crippen MR) is 125 cm³/mol. The monoisotopic (exact) mass is 425 g/mol. The summed E-state index contributed by atoms with van der Waals surface area (Å²) in [7, 11) is 1.34. The van der Waals surface area contributed by atoms with Crippen LogP contribution in [0.3, 0.4) is 0 Å². The molecule has 4 rings (SSSR count). The van der Waals surface area contributed by atoms with Crippen molar-refractivity contribution >= 4 is 5.97 Å². The van der Waals surface area contributed by atoms with Gasteiger partial charge in [-0.2, -0.15) is 0 Å². The van der Waals surface area contributed by atoms with Gasteiger partial charge in [0.1, 0.15) is 11.9 Å². The molecule has 32 heavy (non-hydrogen) atoms. The third kappa shape index (κ3) is 3.95. The first-order chi connectivity index (χ1) is 15.6. The van der Waals surface area contributed by atoms with E-state index in [2.05, 4.69) is 65.4 Å². The zero-order valence-corrected chi connectivity index (χ0v) is 18.3. The molecule has 0 radical (unpaired) electrons. The first kappa shape index (κ1) is 21.5. The van der Waals surface area contributed by atoms with Gasteiger partial charge in [-0.15, -0.1) is 0 Å². The van der Waals surface area contributed by atoms with Crippen molar-refractivity contribution in [3.8, 4) is 0 Å². The molecule has 0 amide bonds. The van der Waals surface area contributed by atoms with Crippen molar-refractivity contribution in [3.63, 3.8) is 0 Å². The van der Waals surface area contributed by atoms with Gasteiger partial charge in [-0.3, -0.25) is 4.79 Å². The van der Waals surface area contributed by atoms with Gasteiger partial charge in [0.2, 0.25) is 0 Å². The number of nitrogens with zero attached hydrogens (tertiary/aromatic N) is 1. The van der Waals surface area contributed by atoms with Crippen LogP contribution in [0, 0.1) is 6.92 Å². The molecule has 3 aromatic carbocycles. The first-order valence-corrected chi connectivity index (χ1v) is 10.6. The third-order valence-electron chi connectivity index (χ3n) is 5.85. The Bertz CT molecular complexity index is 1130. The Morgan fingerprint density at radius 3 is 2.00 bits per heavy atom. The molecule has 0 spiro atoms. The van der Waals surface area contributed by atoms with Gasteiger partial charge < -0.3 is 15.5 Å². The second-order valence-corrected chi connectivity index (χ2v) is 7.93. The number of imidazole rings is 1. The predicted octanol–water partition coefficient (Wildman–Crippen LogP) is 4.14. The number of carbonyl (C=O) groups excluding carboxylic acids is 1. The van der Waals surface area contributed by atoms with Crippen LogP contribution >= 0.6 is 0 Å². The molecule has 0 aliphatic heterocycles. The summed E-state index contributed by atoms with van der Waals surface area (Å²) in [5.74, 6) is 0.181. The summed E-state index contributed by atoms with van der Waals surface area (Å²) in [6.07, 6.45) is 2.11. The zero-order valence-electron chi connectivity index (χ0n) is 18.3. The number of carbonyl (C=O) groups is 1. The van der Waals surface area contributed by atoms with Crippen LogP contribution < -0.4 is 5.73 Å². The molecule has 5 nitrogen and oxygen atoms in total. The van der Waals surface area contributed by atoms with Crippen molar-refractivity contribution in [1.29, 1.82) is 0 Å². The highest BCUT2D eigenvalue weighted by molar-refractivity contribution is 5.75. The summed E-state index contributed by atoms with van der Waals surface area (Å²) in [6, 6.07) is 28.6. The molecule has 4 aromatic rings. The van der Waals surface area contributed by atoms with Crippen LogP contribution in [0.1, 0.15) is 33.8 Å². The Morgan fingerprint density at radius 2 is 1.47 bits per heavy atom. The van der Waals surface area contributed by atoms with E-state index >= 15 is 0 Å². The Hall–Kier alpha value is -3.70. The van der Waals surface area contributed by atoms with Crippen molar-refractivity contribution in [2.45, 2.75) is 24.8 Å². The van der Waals surface area contributed by atoms with Gasteiger partial charge in [0, 0.05) is 12.6 Å². The SMILES string of the molecule is COC(=O)C(N)Cc1ncc(C(c2ccccc2)(c2ccccc2)c2ccc(C)cc2)[nH]1. The third-order valence-corrected chi connectivity index (χ3v) is 5.85. The lowest BCUT2D eigenvalue weighted by Crippen LogP contribution is -2.34. The smallest absolute Gasteiger partial charge is 0.323 e. The summed E-state index contributed by atoms with van der Waals surface area (Å²) in [6.45, 7) is 2.08. The number of esters is 1. The number of hydrogen-bond donors (Lipinski definition) is 2. The molecular formula is C27H27N3O2. The van der Waals surface area contributed by atoms with Crippen molar-refractivity contribution in [2.75, 3.05) is 7.11 Å². The zero-order chi connectivity index (χ0) is 22.6. The Morgan fingerprint density at radius 1 is 0.938 bits per heavy atom. The van der Waals surface area contributed by atoms with Crippen molar-refractivity contribution in [2.24, 2.45) is 5.73 Å². The van der Waals surface area contributed by atoms with Gasteiger partial charge >= 0.3 is 5.97 Å². The lowest BCUT2D eigenvalue weighted by molar-refractivity contribution is -0.142. The average Bonchev–Trinajstić information content (AvgIpc) is 3.30. The van der Waals surface area contributed by atoms with Crippen LogP contribution in [-0.2, 0) is 21.4 Å². The lowest BCUT2D eigenvalue weighted by atomic mass is 9.67. The van der Waals surface area contributed by atoms with Crippen LogP contribution in [0.5, 0.6) is 0 Å². The number of H-pyrrole nitrogens is 1. The fraction of sp³-hybridized carbons (Fsp3) is 0.185. The van der Waals surface area contributed by atoms with Crippen LogP contribution in [-0.4, -0.2) is 29.1 Å². The largest absolute Gasteiger partial charge is 0.468 e. The van der Waals surface area contributed by atoms with E-state index in [9.17, 15) is 4.79 Å². The number of rotatable bonds is 7.